The van der Waals surface area contributed by atoms with Gasteiger partial charge in [-0.25, -0.2) is 4.99 Å². The molecule has 0 amide bonds. The van der Waals surface area contributed by atoms with E-state index >= 15 is 0 Å². The molecule has 1 nitrogen and oxygen atoms in total. The molecule has 6 heavy (non-hydrogen) atoms. The summed E-state index contributed by atoms with van der Waals surface area (Å²) in [4.78, 5) is 3.19. The van der Waals surface area contributed by atoms with Crippen molar-refractivity contribution in [3.8, 4) is 0 Å². The first-order chi connectivity index (χ1) is 2.89. The lowest BCUT2D eigenvalue weighted by atomic mass is 10.2. The fraction of sp³-hybridized carbons (Fsp3) is 0.800. The number of nitrogens with one attached hydrogen (secondary N) is 1. The second-order valence-corrected chi connectivity index (χ2v) is 1.85. The minimum atomic E-state index is 0.741. The monoisotopic (exact) mass is 84.1 g/mol. The van der Waals surface area contributed by atoms with Gasteiger partial charge in [-0.05, 0) is 6.92 Å². The molecule has 0 aromatic carbocycles. The fourth-order valence-corrected chi connectivity index (χ4v) is 0.701. The van der Waals surface area contributed by atoms with Gasteiger partial charge in [-0.3, -0.25) is 0 Å². The Balaban J connectivity index is 2.38. The third kappa shape index (κ3) is 0.588. The van der Waals surface area contributed by atoms with Crippen molar-refractivity contribution in [3.63, 3.8) is 0 Å². The normalized spacial score (nSPS) is 31.8. The molecule has 0 aliphatic carbocycles. The second-order valence-electron chi connectivity index (χ2n) is 1.85. The summed E-state index contributed by atoms with van der Waals surface area (Å²) < 4.78 is 0. The summed E-state index contributed by atoms with van der Waals surface area (Å²) in [6, 6.07) is 0.741. The van der Waals surface area contributed by atoms with Gasteiger partial charge in [0.05, 0.1) is 0 Å². The summed E-state index contributed by atoms with van der Waals surface area (Å²) in [6.07, 6.45) is 4.70. The minimum Gasteiger partial charge on any atom is -0.249 e. The Bertz CT molecular complexity index is 66.3. The van der Waals surface area contributed by atoms with Crippen LogP contribution >= 0.6 is 0 Å². The van der Waals surface area contributed by atoms with Crippen LogP contribution in [0.1, 0.15) is 19.8 Å². The summed E-state index contributed by atoms with van der Waals surface area (Å²) in [5.41, 5.74) is 0. The molecule has 34 valence electrons. The molecule has 0 aromatic heterocycles. The zero-order chi connectivity index (χ0) is 4.41. The SMILES string of the molecule is C[C@@H]1CCC=[NH+]1. The molecule has 0 saturated carbocycles. The molecule has 0 unspecified atom stereocenters. The summed E-state index contributed by atoms with van der Waals surface area (Å²) in [5.74, 6) is 0. The van der Waals surface area contributed by atoms with Crippen LogP contribution in [0.15, 0.2) is 0 Å². The van der Waals surface area contributed by atoms with E-state index in [-0.39, 0.29) is 0 Å². The van der Waals surface area contributed by atoms with E-state index < -0.39 is 0 Å². The highest BCUT2D eigenvalue weighted by Gasteiger charge is 2.07. The van der Waals surface area contributed by atoms with Crippen molar-refractivity contribution in [1.29, 1.82) is 0 Å². The zero-order valence-electron chi connectivity index (χ0n) is 4.07. The number of hydrogen-bond acceptors (Lipinski definition) is 0. The summed E-state index contributed by atoms with van der Waals surface area (Å²) >= 11 is 0. The van der Waals surface area contributed by atoms with Crippen molar-refractivity contribution >= 4 is 6.21 Å². The van der Waals surface area contributed by atoms with Crippen molar-refractivity contribution < 1.29 is 4.99 Å². The molecule has 0 aromatic rings. The Morgan fingerprint density at radius 3 is 2.83 bits per heavy atom. The van der Waals surface area contributed by atoms with Gasteiger partial charge >= 0.3 is 0 Å². The van der Waals surface area contributed by atoms with Crippen LogP contribution in [0.4, 0.5) is 0 Å². The van der Waals surface area contributed by atoms with E-state index in [2.05, 4.69) is 18.1 Å². The van der Waals surface area contributed by atoms with Crippen LogP contribution in [0, 0.1) is 0 Å². The van der Waals surface area contributed by atoms with Crippen LogP contribution in [-0.2, 0) is 0 Å². The molecule has 1 N–H and O–H groups in total. The molecule has 0 bridgehead atoms. The van der Waals surface area contributed by atoms with E-state index in [9.17, 15) is 0 Å². The highest BCUT2D eigenvalue weighted by Crippen LogP contribution is 1.89. The van der Waals surface area contributed by atoms with Crippen LogP contribution in [0.2, 0.25) is 0 Å². The number of rotatable bonds is 0. The smallest absolute Gasteiger partial charge is 0.148 e. The molecule has 1 aliphatic heterocycles. The predicted molar refractivity (Wildman–Crippen MR) is 25.7 cm³/mol. The van der Waals surface area contributed by atoms with Gasteiger partial charge in [-0.2, -0.15) is 0 Å². The lowest BCUT2D eigenvalue weighted by Crippen LogP contribution is -2.71. The zero-order valence-corrected chi connectivity index (χ0v) is 4.07. The van der Waals surface area contributed by atoms with E-state index in [0.717, 1.165) is 6.04 Å². The summed E-state index contributed by atoms with van der Waals surface area (Å²) in [7, 11) is 0. The third-order valence-electron chi connectivity index (χ3n) is 1.15. The molecule has 1 heterocycles. The number of hydrogen-bond donors (Lipinski definition) is 1. The molecule has 1 heteroatoms. The van der Waals surface area contributed by atoms with Crippen LogP contribution in [0.3, 0.4) is 0 Å². The molecule has 0 radical (unpaired) electrons. The molecule has 0 fully saturated rings. The third-order valence-corrected chi connectivity index (χ3v) is 1.15. The van der Waals surface area contributed by atoms with Crippen molar-refractivity contribution in [2.24, 2.45) is 0 Å². The lowest BCUT2D eigenvalue weighted by Gasteiger charge is -1.82. The van der Waals surface area contributed by atoms with Gasteiger partial charge in [-0.1, -0.05) is 0 Å². The average Bonchev–Trinajstić information content (AvgIpc) is 1.86. The van der Waals surface area contributed by atoms with Crippen molar-refractivity contribution in [2.75, 3.05) is 0 Å². The topological polar surface area (TPSA) is 14.0 Å². The Hall–Kier alpha value is -0.330. The standard InChI is InChI=1S/C5H9N/c1-5-3-2-4-6-5/h4-5H,2-3H2,1H3/p+1/t5-/m1/s1. The van der Waals surface area contributed by atoms with Gasteiger partial charge < -0.3 is 0 Å². The molecule has 0 saturated heterocycles. The molecular formula is C5H10N+. The van der Waals surface area contributed by atoms with Crippen LogP contribution in [-0.4, -0.2) is 12.3 Å². The van der Waals surface area contributed by atoms with Crippen molar-refractivity contribution in [2.45, 2.75) is 25.8 Å². The first kappa shape index (κ1) is 3.85. The van der Waals surface area contributed by atoms with E-state index in [4.69, 9.17) is 0 Å². The predicted octanol–water partition coefficient (Wildman–Crippen LogP) is -0.680. The van der Waals surface area contributed by atoms with E-state index in [0.29, 0.717) is 0 Å². The van der Waals surface area contributed by atoms with Crippen LogP contribution in [0.5, 0.6) is 0 Å². The molecule has 1 aliphatic rings. The first-order valence-electron chi connectivity index (χ1n) is 2.47. The van der Waals surface area contributed by atoms with Crippen molar-refractivity contribution in [3.05, 3.63) is 0 Å². The van der Waals surface area contributed by atoms with Gasteiger partial charge in [-0.15, -0.1) is 0 Å². The average molecular weight is 84.1 g/mol. The summed E-state index contributed by atoms with van der Waals surface area (Å²) in [6.45, 7) is 2.20. The summed E-state index contributed by atoms with van der Waals surface area (Å²) in [5, 5.41) is 0. The van der Waals surface area contributed by atoms with E-state index in [1.165, 1.54) is 12.8 Å². The molecular weight excluding hydrogens is 74.1 g/mol. The highest BCUT2D eigenvalue weighted by atomic mass is 14.8. The quantitative estimate of drug-likeness (QED) is 0.400. The fourth-order valence-electron chi connectivity index (χ4n) is 0.701. The van der Waals surface area contributed by atoms with Gasteiger partial charge in [0.25, 0.3) is 0 Å². The first-order valence-corrected chi connectivity index (χ1v) is 2.47. The highest BCUT2D eigenvalue weighted by molar-refractivity contribution is 5.51. The van der Waals surface area contributed by atoms with Gasteiger partial charge in [0, 0.05) is 12.8 Å². The maximum atomic E-state index is 3.19. The van der Waals surface area contributed by atoms with Crippen LogP contribution < -0.4 is 4.99 Å². The Morgan fingerprint density at radius 1 is 1.83 bits per heavy atom. The van der Waals surface area contributed by atoms with Gasteiger partial charge in [0.1, 0.15) is 12.3 Å². The second kappa shape index (κ2) is 1.41. The maximum absolute atomic E-state index is 3.19. The Morgan fingerprint density at radius 2 is 2.67 bits per heavy atom. The van der Waals surface area contributed by atoms with Gasteiger partial charge in [0.15, 0.2) is 0 Å². The Labute approximate surface area is 38.1 Å². The minimum absolute atomic E-state index is 0.741. The maximum Gasteiger partial charge on any atom is 0.148 e. The van der Waals surface area contributed by atoms with E-state index in [1.807, 2.05) is 0 Å². The largest absolute Gasteiger partial charge is 0.249 e. The molecule has 0 spiro atoms. The Kier molecular flexibility index (Phi) is 0.906. The van der Waals surface area contributed by atoms with E-state index in [1.54, 1.807) is 0 Å². The van der Waals surface area contributed by atoms with Crippen molar-refractivity contribution in [1.82, 2.24) is 0 Å². The molecule has 1 rings (SSSR count). The van der Waals surface area contributed by atoms with Gasteiger partial charge in [0.2, 0.25) is 0 Å². The molecule has 1 atom stereocenters. The lowest BCUT2D eigenvalue weighted by molar-refractivity contribution is -0.483. The van der Waals surface area contributed by atoms with Crippen LogP contribution in [0.25, 0.3) is 0 Å².